The van der Waals surface area contributed by atoms with Crippen LogP contribution in [0.4, 0.5) is 0 Å². The fraction of sp³-hybridized carbons (Fsp3) is 0.700. The molecule has 1 amide bonds. The molecule has 0 saturated carbocycles. The fourth-order valence-corrected chi connectivity index (χ4v) is 1.40. The first kappa shape index (κ1) is 16.7. The van der Waals surface area contributed by atoms with Gasteiger partial charge < -0.3 is 15.1 Å². The molecule has 2 N–H and O–H groups in total. The summed E-state index contributed by atoms with van der Waals surface area (Å²) in [7, 11) is 0. The normalized spacial score (nSPS) is 9.47. The van der Waals surface area contributed by atoms with Crippen LogP contribution in [-0.4, -0.2) is 52.6 Å². The van der Waals surface area contributed by atoms with E-state index in [2.05, 4.69) is 10.0 Å². The molecule has 0 unspecified atom stereocenters. The van der Waals surface area contributed by atoms with Crippen molar-refractivity contribution in [1.29, 1.82) is 0 Å². The molecule has 106 valence electrons. The van der Waals surface area contributed by atoms with Gasteiger partial charge in [0.05, 0.1) is 0 Å². The van der Waals surface area contributed by atoms with Gasteiger partial charge in [-0.15, -0.1) is 0 Å². The molecule has 9 nitrogen and oxygen atoms in total. The lowest BCUT2D eigenvalue weighted by atomic mass is 10.2. The Morgan fingerprint density at radius 3 is 2.11 bits per heavy atom. The molecule has 0 aliphatic rings. The number of carboxylic acid groups (broad SMARTS) is 2. The first-order valence-electron chi connectivity index (χ1n) is 5.69. The number of hydrogen-bond acceptors (Lipinski definition) is 4. The fourth-order valence-electron chi connectivity index (χ4n) is 1.40. The van der Waals surface area contributed by atoms with Crippen LogP contribution in [0, 0.1) is 0 Å². The maximum absolute atomic E-state index is 11.6. The van der Waals surface area contributed by atoms with Gasteiger partial charge in [0.15, 0.2) is 0 Å². The summed E-state index contributed by atoms with van der Waals surface area (Å²) in [5.74, 6) is -3.01. The van der Waals surface area contributed by atoms with Crippen LogP contribution in [0.5, 0.6) is 0 Å². The van der Waals surface area contributed by atoms with E-state index in [0.29, 0.717) is 25.8 Å². The second-order valence-corrected chi connectivity index (χ2v) is 3.80. The molecule has 0 heterocycles. The van der Waals surface area contributed by atoms with Crippen molar-refractivity contribution in [3.63, 3.8) is 0 Å². The van der Waals surface area contributed by atoms with Crippen LogP contribution in [0.2, 0.25) is 0 Å². The number of nitrogens with zero attached hydrogens (tertiary/aromatic N) is 4. The first-order valence-corrected chi connectivity index (χ1v) is 5.69. The number of hydrogen-bond donors (Lipinski definition) is 2. The Kier molecular flexibility index (Phi) is 8.55. The number of carbonyl (C=O) groups is 3. The zero-order valence-corrected chi connectivity index (χ0v) is 10.4. The van der Waals surface area contributed by atoms with Gasteiger partial charge in [-0.25, -0.2) is 0 Å². The van der Waals surface area contributed by atoms with Gasteiger partial charge in [-0.3, -0.25) is 14.4 Å². The van der Waals surface area contributed by atoms with E-state index in [0.717, 1.165) is 4.90 Å². The molecule has 0 aromatic heterocycles. The first-order chi connectivity index (χ1) is 8.97. The molecule has 0 fully saturated rings. The largest absolute Gasteiger partial charge is 0.480 e. The monoisotopic (exact) mass is 272 g/mol. The van der Waals surface area contributed by atoms with Gasteiger partial charge in [-0.2, -0.15) is 0 Å². The summed E-state index contributed by atoms with van der Waals surface area (Å²) in [5, 5.41) is 20.5. The molecule has 0 radical (unpaired) electrons. The third kappa shape index (κ3) is 9.42. The molecule has 19 heavy (non-hydrogen) atoms. The maximum Gasteiger partial charge on any atom is 0.323 e. The molecule has 0 aromatic rings. The molecule has 9 heteroatoms. The topological polar surface area (TPSA) is 144 Å². The highest BCUT2D eigenvalue weighted by Crippen LogP contribution is 2.04. The number of azide groups is 1. The Morgan fingerprint density at radius 1 is 1.05 bits per heavy atom. The van der Waals surface area contributed by atoms with Gasteiger partial charge in [0.1, 0.15) is 13.1 Å². The molecule has 0 aliphatic heterocycles. The van der Waals surface area contributed by atoms with Crippen molar-refractivity contribution in [3.05, 3.63) is 10.4 Å². The minimum absolute atomic E-state index is 0.0802. The van der Waals surface area contributed by atoms with Gasteiger partial charge in [-0.1, -0.05) is 11.5 Å². The number of aliphatic carboxylic acids is 2. The number of unbranched alkanes of at least 4 members (excludes halogenated alkanes) is 2. The molecule has 0 saturated heterocycles. The van der Waals surface area contributed by atoms with Crippen molar-refractivity contribution in [1.82, 2.24) is 4.90 Å². The van der Waals surface area contributed by atoms with Crippen LogP contribution in [0.1, 0.15) is 25.7 Å². The van der Waals surface area contributed by atoms with Crippen LogP contribution < -0.4 is 0 Å². The number of amides is 1. The average molecular weight is 272 g/mol. The van der Waals surface area contributed by atoms with Crippen LogP contribution in [0.3, 0.4) is 0 Å². The second kappa shape index (κ2) is 9.72. The Morgan fingerprint density at radius 2 is 1.63 bits per heavy atom. The summed E-state index contributed by atoms with van der Waals surface area (Å²) in [6.45, 7) is -0.896. The van der Waals surface area contributed by atoms with Crippen LogP contribution in [-0.2, 0) is 14.4 Å². The van der Waals surface area contributed by atoms with Crippen molar-refractivity contribution < 1.29 is 24.6 Å². The van der Waals surface area contributed by atoms with Crippen molar-refractivity contribution >= 4 is 17.8 Å². The van der Waals surface area contributed by atoms with E-state index in [-0.39, 0.29) is 6.42 Å². The van der Waals surface area contributed by atoms with Gasteiger partial charge >= 0.3 is 11.9 Å². The molecule has 0 rings (SSSR count). The molecule has 0 atom stereocenters. The smallest absolute Gasteiger partial charge is 0.323 e. The molecule has 0 aliphatic carbocycles. The molecule has 0 bridgehead atoms. The van der Waals surface area contributed by atoms with Crippen LogP contribution in [0.15, 0.2) is 5.11 Å². The van der Waals surface area contributed by atoms with E-state index < -0.39 is 30.9 Å². The summed E-state index contributed by atoms with van der Waals surface area (Å²) in [4.78, 5) is 36.0. The van der Waals surface area contributed by atoms with Gasteiger partial charge in [-0.05, 0) is 18.4 Å². The van der Waals surface area contributed by atoms with Gasteiger partial charge in [0.2, 0.25) is 5.91 Å². The maximum atomic E-state index is 11.6. The van der Waals surface area contributed by atoms with Crippen molar-refractivity contribution in [2.75, 3.05) is 19.6 Å². The van der Waals surface area contributed by atoms with Gasteiger partial charge in [0, 0.05) is 17.9 Å². The lowest BCUT2D eigenvalue weighted by Crippen LogP contribution is -2.39. The van der Waals surface area contributed by atoms with Crippen molar-refractivity contribution in [3.8, 4) is 0 Å². The van der Waals surface area contributed by atoms with E-state index in [1.54, 1.807) is 0 Å². The van der Waals surface area contributed by atoms with Crippen LogP contribution >= 0.6 is 0 Å². The molecular formula is C10H16N4O5. The third-order valence-electron chi connectivity index (χ3n) is 2.22. The van der Waals surface area contributed by atoms with E-state index in [1.807, 2.05) is 0 Å². The van der Waals surface area contributed by atoms with Crippen molar-refractivity contribution in [2.24, 2.45) is 5.11 Å². The Bertz CT molecular complexity index is 362. The summed E-state index contributed by atoms with van der Waals surface area (Å²) < 4.78 is 0. The predicted molar refractivity (Wildman–Crippen MR) is 64.3 cm³/mol. The lowest BCUT2D eigenvalue weighted by Gasteiger charge is -2.18. The van der Waals surface area contributed by atoms with Gasteiger partial charge in [0.25, 0.3) is 0 Å². The van der Waals surface area contributed by atoms with E-state index in [1.165, 1.54) is 0 Å². The predicted octanol–water partition coefficient (Wildman–Crippen LogP) is 0.855. The molecule has 0 aromatic carbocycles. The zero-order chi connectivity index (χ0) is 14.7. The zero-order valence-electron chi connectivity index (χ0n) is 10.4. The molecule has 0 spiro atoms. The number of carboxylic acids is 2. The quantitative estimate of drug-likeness (QED) is 0.262. The SMILES string of the molecule is [N-]=[N+]=NCCCCCC(=O)N(CC(=O)O)CC(=O)O. The summed E-state index contributed by atoms with van der Waals surface area (Å²) in [6.07, 6.45) is 1.86. The molecular weight excluding hydrogens is 256 g/mol. The summed E-state index contributed by atoms with van der Waals surface area (Å²) in [6, 6.07) is 0. The Hall–Kier alpha value is -2.28. The Labute approximate surface area is 109 Å². The van der Waals surface area contributed by atoms with Crippen LogP contribution in [0.25, 0.3) is 10.4 Å². The third-order valence-corrected chi connectivity index (χ3v) is 2.22. The Balaban J connectivity index is 4.06. The van der Waals surface area contributed by atoms with Crippen molar-refractivity contribution in [2.45, 2.75) is 25.7 Å². The standard InChI is InChI=1S/C10H16N4O5/c11-13-12-5-3-1-2-4-8(15)14(6-9(16)17)7-10(18)19/h1-7H2,(H,16,17)(H,18,19). The summed E-state index contributed by atoms with van der Waals surface area (Å²) >= 11 is 0. The van der Waals surface area contributed by atoms with E-state index in [9.17, 15) is 14.4 Å². The average Bonchev–Trinajstić information content (AvgIpc) is 2.31. The highest BCUT2D eigenvalue weighted by Gasteiger charge is 2.18. The lowest BCUT2D eigenvalue weighted by molar-refractivity contribution is -0.149. The highest BCUT2D eigenvalue weighted by molar-refractivity contribution is 5.85. The highest BCUT2D eigenvalue weighted by atomic mass is 16.4. The summed E-state index contributed by atoms with van der Waals surface area (Å²) in [5.41, 5.74) is 8.04. The van der Waals surface area contributed by atoms with E-state index >= 15 is 0 Å². The number of carbonyl (C=O) groups excluding carboxylic acids is 1. The minimum atomic E-state index is -1.25. The van der Waals surface area contributed by atoms with E-state index in [4.69, 9.17) is 15.7 Å². The minimum Gasteiger partial charge on any atom is -0.480 e. The number of rotatable bonds is 10. The second-order valence-electron chi connectivity index (χ2n) is 3.80.